The number of carbonyl (C=O) groups is 1. The van der Waals surface area contributed by atoms with Gasteiger partial charge in [0.25, 0.3) is 11.7 Å². The van der Waals surface area contributed by atoms with Crippen molar-refractivity contribution in [2.45, 2.75) is 29.4 Å². The van der Waals surface area contributed by atoms with Crippen molar-refractivity contribution in [2.75, 3.05) is 51.5 Å². The number of nitrogens with zero attached hydrogens (tertiary/aromatic N) is 3. The number of ether oxygens (including phenoxy) is 1. The molecule has 2 aromatic heterocycles. The topological polar surface area (TPSA) is 82.9 Å². The molecule has 202 valence electrons. The number of hydrogen-bond donors (Lipinski definition) is 3. The second-order valence-corrected chi connectivity index (χ2v) is 9.67. The van der Waals surface area contributed by atoms with Crippen LogP contribution < -0.4 is 20.7 Å². The third kappa shape index (κ3) is 6.11. The van der Waals surface area contributed by atoms with Gasteiger partial charge in [-0.15, -0.1) is 0 Å². The van der Waals surface area contributed by atoms with Crippen molar-refractivity contribution < 1.29 is 22.7 Å². The van der Waals surface area contributed by atoms with E-state index < -0.39 is 18.0 Å². The highest BCUT2D eigenvalue weighted by molar-refractivity contribution is 7.99. The van der Waals surface area contributed by atoms with Gasteiger partial charge in [0.1, 0.15) is 22.6 Å². The molecule has 3 heterocycles. The van der Waals surface area contributed by atoms with Gasteiger partial charge < -0.3 is 25.6 Å². The molecule has 8 nitrogen and oxygen atoms in total. The van der Waals surface area contributed by atoms with E-state index in [0.29, 0.717) is 53.1 Å². The lowest BCUT2D eigenvalue weighted by molar-refractivity contribution is 0.0963. The molecule has 1 saturated heterocycles. The van der Waals surface area contributed by atoms with Crippen LogP contribution >= 0.6 is 11.8 Å². The zero-order valence-corrected chi connectivity index (χ0v) is 22.0. The molecule has 38 heavy (non-hydrogen) atoms. The summed E-state index contributed by atoms with van der Waals surface area (Å²) >= 11 is 0.349. The van der Waals surface area contributed by atoms with E-state index in [0.717, 1.165) is 6.54 Å². The van der Waals surface area contributed by atoms with Crippen molar-refractivity contribution in [3.63, 3.8) is 0 Å². The van der Waals surface area contributed by atoms with E-state index in [-0.39, 0.29) is 23.2 Å². The Balaban J connectivity index is 1.61. The number of carbonyl (C=O) groups excluding carboxylic acids is 1. The van der Waals surface area contributed by atoms with Crippen LogP contribution in [0, 0.1) is 11.8 Å². The molecular formula is C26H29F3N6O2S. The summed E-state index contributed by atoms with van der Waals surface area (Å²) in [7, 11) is 4.90. The molecule has 1 amide bonds. The van der Waals surface area contributed by atoms with E-state index >= 15 is 0 Å². The van der Waals surface area contributed by atoms with Gasteiger partial charge in [-0.25, -0.2) is 9.37 Å². The Morgan fingerprint density at radius 1 is 1.32 bits per heavy atom. The Kier molecular flexibility index (Phi) is 8.91. The lowest BCUT2D eigenvalue weighted by Crippen LogP contribution is -2.46. The Hall–Kier alpha value is -3.56. The molecule has 1 aliphatic heterocycles. The van der Waals surface area contributed by atoms with Crippen LogP contribution in [0.4, 0.5) is 24.5 Å². The number of alkyl halides is 3. The predicted octanol–water partition coefficient (Wildman–Crippen LogP) is 3.93. The maximum Gasteiger partial charge on any atom is 0.290 e. The predicted molar refractivity (Wildman–Crippen MR) is 143 cm³/mol. The molecule has 3 aromatic rings. The van der Waals surface area contributed by atoms with Crippen LogP contribution in [0.5, 0.6) is 5.75 Å². The number of pyridine rings is 1. The smallest absolute Gasteiger partial charge is 0.290 e. The number of benzene rings is 1. The van der Waals surface area contributed by atoms with Gasteiger partial charge >= 0.3 is 0 Å². The summed E-state index contributed by atoms with van der Waals surface area (Å²) in [6.07, 6.45) is 1.17. The average molecular weight is 547 g/mol. The fraction of sp³-hybridized carbons (Fsp3) is 0.385. The highest BCUT2D eigenvalue weighted by Crippen LogP contribution is 2.32. The summed E-state index contributed by atoms with van der Waals surface area (Å²) < 4.78 is 48.5. The van der Waals surface area contributed by atoms with Crippen LogP contribution in [0.3, 0.4) is 0 Å². The molecule has 0 spiro atoms. The normalized spacial score (nSPS) is 17.7. The van der Waals surface area contributed by atoms with Crippen molar-refractivity contribution in [2.24, 2.45) is 0 Å². The molecule has 0 bridgehead atoms. The first-order valence-corrected chi connectivity index (χ1v) is 12.9. The molecule has 4 rings (SSSR count). The number of amides is 1. The Bertz CT molecular complexity index is 1360. The molecule has 0 radical (unpaired) electrons. The molecule has 12 heteroatoms. The third-order valence-electron chi connectivity index (χ3n) is 6.17. The molecular weight excluding hydrogens is 517 g/mol. The van der Waals surface area contributed by atoms with Crippen molar-refractivity contribution in [1.82, 2.24) is 19.6 Å². The van der Waals surface area contributed by atoms with E-state index in [2.05, 4.69) is 32.8 Å². The number of halogens is 3. The minimum atomic E-state index is -2.68. The number of rotatable bonds is 8. The Morgan fingerprint density at radius 2 is 2.13 bits per heavy atom. The largest absolute Gasteiger partial charge is 0.495 e. The van der Waals surface area contributed by atoms with E-state index in [1.165, 1.54) is 14.2 Å². The molecule has 2 atom stereocenters. The zero-order chi connectivity index (χ0) is 27.2. The lowest BCUT2D eigenvalue weighted by atomic mass is 10.0. The van der Waals surface area contributed by atoms with Gasteiger partial charge in [-0.3, -0.25) is 9.20 Å². The number of methoxy groups -OCH3 is 1. The first-order chi connectivity index (χ1) is 18.3. The van der Waals surface area contributed by atoms with Crippen molar-refractivity contribution >= 4 is 34.7 Å². The summed E-state index contributed by atoms with van der Waals surface area (Å²) in [5.41, 5.74) is 1.97. The molecule has 0 aliphatic carbocycles. The van der Waals surface area contributed by atoms with Gasteiger partial charge in [-0.05, 0) is 55.4 Å². The van der Waals surface area contributed by atoms with E-state index in [9.17, 15) is 18.0 Å². The molecule has 1 aromatic carbocycles. The maximum atomic E-state index is 14.6. The number of thioether (sulfide) groups is 1. The van der Waals surface area contributed by atoms with Crippen LogP contribution in [0.2, 0.25) is 0 Å². The fourth-order valence-electron chi connectivity index (χ4n) is 4.32. The fourth-order valence-corrected chi connectivity index (χ4v) is 4.96. The van der Waals surface area contributed by atoms with Gasteiger partial charge in [0.2, 0.25) is 0 Å². The number of aromatic nitrogens is 2. The average Bonchev–Trinajstić information content (AvgIpc) is 3.25. The third-order valence-corrected chi connectivity index (χ3v) is 6.96. The first kappa shape index (κ1) is 27.5. The highest BCUT2D eigenvalue weighted by atomic mass is 32.2. The summed E-state index contributed by atoms with van der Waals surface area (Å²) in [4.78, 5) is 18.7. The molecule has 0 saturated carbocycles. The number of anilines is 2. The number of nitrogens with one attached hydrogen (secondary N) is 3. The SMILES string of the molecule is CNC(=O)c1cccc(OC)c1NCC#Cc1nc2c(N[C@@H]3CCN(C)C[C@@H]3F)cccn2c1SC(F)F. The van der Waals surface area contributed by atoms with Gasteiger partial charge in [-0.2, -0.15) is 8.78 Å². The molecule has 1 fully saturated rings. The first-order valence-electron chi connectivity index (χ1n) is 12.0. The zero-order valence-electron chi connectivity index (χ0n) is 21.2. The summed E-state index contributed by atoms with van der Waals surface area (Å²) in [6, 6.07) is 8.11. The van der Waals surface area contributed by atoms with E-state index in [4.69, 9.17) is 4.74 Å². The van der Waals surface area contributed by atoms with Crippen LogP contribution in [-0.2, 0) is 0 Å². The van der Waals surface area contributed by atoms with Crippen LogP contribution in [0.25, 0.3) is 5.65 Å². The van der Waals surface area contributed by atoms with Gasteiger partial charge in [0.05, 0.1) is 36.6 Å². The van der Waals surface area contributed by atoms with E-state index in [1.807, 2.05) is 11.9 Å². The monoisotopic (exact) mass is 546 g/mol. The van der Waals surface area contributed by atoms with Crippen LogP contribution in [-0.4, -0.2) is 79.0 Å². The second-order valence-electron chi connectivity index (χ2n) is 8.69. The Labute approximate surface area is 223 Å². The van der Waals surface area contributed by atoms with Gasteiger partial charge in [-0.1, -0.05) is 12.0 Å². The summed E-state index contributed by atoms with van der Waals surface area (Å²) in [6.45, 7) is 1.17. The number of likely N-dealkylation sites (tertiary alicyclic amines) is 1. The number of hydrogen-bond acceptors (Lipinski definition) is 7. The lowest BCUT2D eigenvalue weighted by Gasteiger charge is -2.33. The van der Waals surface area contributed by atoms with Crippen molar-refractivity contribution in [1.29, 1.82) is 0 Å². The minimum Gasteiger partial charge on any atom is -0.495 e. The molecule has 3 N–H and O–H groups in total. The van der Waals surface area contributed by atoms with Crippen molar-refractivity contribution in [3.8, 4) is 17.6 Å². The highest BCUT2D eigenvalue weighted by Gasteiger charge is 2.28. The maximum absolute atomic E-state index is 14.6. The second kappa shape index (κ2) is 12.3. The number of imidazole rings is 1. The van der Waals surface area contributed by atoms with E-state index in [1.54, 1.807) is 40.9 Å². The molecule has 0 unspecified atom stereocenters. The standard InChI is InChI=1S/C26H29F3N6O2S/c1-30-24(36)16-7-4-10-21(37-3)22(16)31-12-5-8-20-25(38-26(28)29)35-13-6-9-19(23(35)33-20)32-18-11-14-34(2)15-17(18)27/h4,6-7,9-10,13,17-18,26,31-32H,11-12,14-15H2,1-3H3,(H,30,36)/t17-,18+/m0/s1. The number of para-hydroxylation sites is 1. The number of fused-ring (bicyclic) bond motifs is 1. The van der Waals surface area contributed by atoms with Crippen LogP contribution in [0.15, 0.2) is 41.6 Å². The van der Waals surface area contributed by atoms with Gasteiger partial charge in [0.15, 0.2) is 5.65 Å². The minimum absolute atomic E-state index is 0.0985. The quantitative estimate of drug-likeness (QED) is 0.292. The summed E-state index contributed by atoms with van der Waals surface area (Å²) in [5.74, 6) is 3.27. The van der Waals surface area contributed by atoms with Crippen LogP contribution in [0.1, 0.15) is 22.5 Å². The Morgan fingerprint density at radius 3 is 2.84 bits per heavy atom. The molecule has 1 aliphatic rings. The number of piperidine rings is 1. The van der Waals surface area contributed by atoms with Gasteiger partial charge in [0, 0.05) is 26.3 Å². The van der Waals surface area contributed by atoms with Crippen molar-refractivity contribution in [3.05, 3.63) is 47.8 Å². The summed E-state index contributed by atoms with van der Waals surface area (Å²) in [5, 5.41) is 9.07.